The number of fused-ring (bicyclic) bond motifs is 2. The van der Waals surface area contributed by atoms with Crippen LogP contribution in [0.25, 0.3) is 21.3 Å². The Bertz CT molecular complexity index is 1090. The highest BCUT2D eigenvalue weighted by molar-refractivity contribution is 7.18. The zero-order valence-corrected chi connectivity index (χ0v) is 14.8. The average Bonchev–Trinajstić information content (AvgIpc) is 3.33. The van der Waals surface area contributed by atoms with Gasteiger partial charge in [0.2, 0.25) is 0 Å². The number of amides is 1. The minimum atomic E-state index is -0.0648. The van der Waals surface area contributed by atoms with E-state index in [0.717, 1.165) is 45.6 Å². The van der Waals surface area contributed by atoms with E-state index in [1.54, 1.807) is 17.5 Å². The average molecular weight is 360 g/mol. The molecule has 1 aliphatic heterocycles. The Balaban J connectivity index is 1.49. The highest BCUT2D eigenvalue weighted by Gasteiger charge is 2.33. The molecule has 5 rings (SSSR count). The van der Waals surface area contributed by atoms with Crippen LogP contribution in [0.2, 0.25) is 0 Å². The lowest BCUT2D eigenvalue weighted by molar-refractivity contribution is 0.0729. The third-order valence-electron chi connectivity index (χ3n) is 4.78. The van der Waals surface area contributed by atoms with Crippen molar-refractivity contribution in [2.75, 3.05) is 6.54 Å². The molecule has 0 spiro atoms. The Morgan fingerprint density at radius 1 is 1.00 bits per heavy atom. The van der Waals surface area contributed by atoms with Gasteiger partial charge in [0, 0.05) is 6.54 Å². The number of para-hydroxylation sites is 3. The first-order chi connectivity index (χ1) is 12.8. The fraction of sp³-hybridized carbons (Fsp3) is 0.200. The van der Waals surface area contributed by atoms with Crippen molar-refractivity contribution in [2.24, 2.45) is 0 Å². The van der Waals surface area contributed by atoms with Crippen molar-refractivity contribution < 1.29 is 4.79 Å². The molecule has 128 valence electrons. The molecule has 3 heterocycles. The van der Waals surface area contributed by atoms with Crippen molar-refractivity contribution in [3.05, 3.63) is 65.4 Å². The van der Waals surface area contributed by atoms with Gasteiger partial charge >= 0.3 is 0 Å². The van der Waals surface area contributed by atoms with Gasteiger partial charge in [-0.3, -0.25) is 9.78 Å². The molecule has 4 aromatic rings. The molecule has 0 aliphatic carbocycles. The van der Waals surface area contributed by atoms with Crippen LogP contribution in [0.3, 0.4) is 0 Å². The summed E-state index contributed by atoms with van der Waals surface area (Å²) in [5.41, 5.74) is 2.94. The number of nitrogens with zero attached hydrogens (tertiary/aromatic N) is 4. The second kappa shape index (κ2) is 6.14. The molecule has 0 N–H and O–H groups in total. The molecule has 6 heteroatoms. The van der Waals surface area contributed by atoms with Crippen molar-refractivity contribution in [1.82, 2.24) is 19.9 Å². The van der Waals surface area contributed by atoms with Gasteiger partial charge in [0.05, 0.1) is 33.5 Å². The van der Waals surface area contributed by atoms with Crippen LogP contribution in [0, 0.1) is 0 Å². The molecular weight excluding hydrogens is 344 g/mol. The largest absolute Gasteiger partial charge is 0.328 e. The highest BCUT2D eigenvalue weighted by atomic mass is 32.1. The maximum absolute atomic E-state index is 13.1. The molecule has 1 amide bonds. The molecule has 0 bridgehead atoms. The molecule has 1 saturated heterocycles. The zero-order valence-electron chi connectivity index (χ0n) is 14.0. The van der Waals surface area contributed by atoms with Gasteiger partial charge in [0.1, 0.15) is 10.7 Å². The normalized spacial score (nSPS) is 17.2. The Labute approximate surface area is 154 Å². The van der Waals surface area contributed by atoms with Gasteiger partial charge in [-0.2, -0.15) is 0 Å². The summed E-state index contributed by atoms with van der Waals surface area (Å²) in [6.45, 7) is 0.730. The summed E-state index contributed by atoms with van der Waals surface area (Å²) in [7, 11) is 0. The number of hydrogen-bond acceptors (Lipinski definition) is 5. The van der Waals surface area contributed by atoms with E-state index in [9.17, 15) is 4.79 Å². The van der Waals surface area contributed by atoms with Crippen LogP contribution < -0.4 is 0 Å². The number of thiazole rings is 1. The van der Waals surface area contributed by atoms with Gasteiger partial charge in [0.25, 0.3) is 5.91 Å². The van der Waals surface area contributed by atoms with E-state index in [4.69, 9.17) is 4.98 Å². The van der Waals surface area contributed by atoms with E-state index in [0.29, 0.717) is 5.69 Å². The molecule has 5 nitrogen and oxygen atoms in total. The van der Waals surface area contributed by atoms with Crippen LogP contribution in [-0.4, -0.2) is 32.3 Å². The standard InChI is InChI=1S/C20H16N4OS/c25-20(16-12-21-13-6-1-2-7-14(13)22-16)24-11-5-9-17(24)19-23-15-8-3-4-10-18(15)26-19/h1-4,6-8,10,12,17H,5,9,11H2. The minimum absolute atomic E-state index is 0.0215. The summed E-state index contributed by atoms with van der Waals surface area (Å²) in [5.74, 6) is -0.0648. The lowest BCUT2D eigenvalue weighted by Gasteiger charge is -2.22. The number of benzene rings is 2. The molecule has 1 unspecified atom stereocenters. The maximum atomic E-state index is 13.1. The Morgan fingerprint density at radius 2 is 1.77 bits per heavy atom. The summed E-state index contributed by atoms with van der Waals surface area (Å²) in [6, 6.07) is 15.7. The second-order valence-corrected chi connectivity index (χ2v) is 7.48. The van der Waals surface area contributed by atoms with Crippen molar-refractivity contribution in [2.45, 2.75) is 18.9 Å². The van der Waals surface area contributed by atoms with Gasteiger partial charge in [-0.25, -0.2) is 9.97 Å². The van der Waals surface area contributed by atoms with Crippen molar-refractivity contribution in [3.63, 3.8) is 0 Å². The maximum Gasteiger partial charge on any atom is 0.274 e. The molecular formula is C20H16N4OS. The first-order valence-electron chi connectivity index (χ1n) is 8.68. The predicted molar refractivity (Wildman–Crippen MR) is 102 cm³/mol. The number of aromatic nitrogens is 3. The van der Waals surface area contributed by atoms with Crippen LogP contribution in [-0.2, 0) is 0 Å². The summed E-state index contributed by atoms with van der Waals surface area (Å²) in [4.78, 5) is 28.7. The summed E-state index contributed by atoms with van der Waals surface area (Å²) < 4.78 is 1.16. The van der Waals surface area contributed by atoms with E-state index >= 15 is 0 Å². The van der Waals surface area contributed by atoms with Crippen molar-refractivity contribution >= 4 is 38.5 Å². The first-order valence-corrected chi connectivity index (χ1v) is 9.49. The zero-order chi connectivity index (χ0) is 17.5. The Morgan fingerprint density at radius 3 is 2.62 bits per heavy atom. The van der Waals surface area contributed by atoms with E-state index in [2.05, 4.69) is 16.0 Å². The SMILES string of the molecule is O=C(c1cnc2ccccc2n1)N1CCCC1c1nc2ccccc2s1. The molecule has 1 atom stereocenters. The van der Waals surface area contributed by atoms with Gasteiger partial charge in [0.15, 0.2) is 0 Å². The van der Waals surface area contributed by atoms with Crippen molar-refractivity contribution in [3.8, 4) is 0 Å². The molecule has 1 fully saturated rings. The van der Waals surface area contributed by atoms with Crippen LogP contribution in [0.4, 0.5) is 0 Å². The fourth-order valence-corrected chi connectivity index (χ4v) is 4.62. The third-order valence-corrected chi connectivity index (χ3v) is 5.91. The van der Waals surface area contributed by atoms with Crippen molar-refractivity contribution in [1.29, 1.82) is 0 Å². The topological polar surface area (TPSA) is 59.0 Å². The Kier molecular flexibility index (Phi) is 3.64. The van der Waals surface area contributed by atoms with Gasteiger partial charge in [-0.1, -0.05) is 24.3 Å². The lowest BCUT2D eigenvalue weighted by atomic mass is 10.2. The van der Waals surface area contributed by atoms with E-state index in [1.165, 1.54) is 0 Å². The molecule has 0 saturated carbocycles. The number of carbonyl (C=O) groups is 1. The summed E-state index contributed by atoms with van der Waals surface area (Å²) in [5, 5.41) is 1.01. The minimum Gasteiger partial charge on any atom is -0.328 e. The first kappa shape index (κ1) is 15.4. The number of likely N-dealkylation sites (tertiary alicyclic amines) is 1. The number of carbonyl (C=O) groups excluding carboxylic acids is 1. The van der Waals surface area contributed by atoms with Crippen LogP contribution in [0.5, 0.6) is 0 Å². The number of rotatable bonds is 2. The molecule has 0 radical (unpaired) electrons. The smallest absolute Gasteiger partial charge is 0.274 e. The van der Waals surface area contributed by atoms with E-state index in [1.807, 2.05) is 47.4 Å². The van der Waals surface area contributed by atoms with Gasteiger partial charge in [-0.15, -0.1) is 11.3 Å². The lowest BCUT2D eigenvalue weighted by Crippen LogP contribution is -2.31. The van der Waals surface area contributed by atoms with E-state index < -0.39 is 0 Å². The summed E-state index contributed by atoms with van der Waals surface area (Å²) >= 11 is 1.67. The highest BCUT2D eigenvalue weighted by Crippen LogP contribution is 2.37. The fourth-order valence-electron chi connectivity index (χ4n) is 3.51. The Hall–Kier alpha value is -2.86. The predicted octanol–water partition coefficient (Wildman–Crippen LogP) is 4.22. The molecule has 1 aliphatic rings. The monoisotopic (exact) mass is 360 g/mol. The quantitative estimate of drug-likeness (QED) is 0.537. The third kappa shape index (κ3) is 2.54. The molecule has 2 aromatic carbocycles. The van der Waals surface area contributed by atoms with Gasteiger partial charge in [-0.05, 0) is 37.1 Å². The van der Waals surface area contributed by atoms with Crippen LogP contribution in [0.15, 0.2) is 54.7 Å². The second-order valence-electron chi connectivity index (χ2n) is 6.42. The molecule has 26 heavy (non-hydrogen) atoms. The number of hydrogen-bond donors (Lipinski definition) is 0. The van der Waals surface area contributed by atoms with Crippen LogP contribution >= 0.6 is 11.3 Å². The summed E-state index contributed by atoms with van der Waals surface area (Å²) in [6.07, 6.45) is 3.50. The van der Waals surface area contributed by atoms with Crippen LogP contribution in [0.1, 0.15) is 34.4 Å². The molecule has 2 aromatic heterocycles. The van der Waals surface area contributed by atoms with E-state index in [-0.39, 0.29) is 11.9 Å². The van der Waals surface area contributed by atoms with Gasteiger partial charge < -0.3 is 4.90 Å².